The van der Waals surface area contributed by atoms with Gasteiger partial charge in [-0.1, -0.05) is 12.1 Å². The van der Waals surface area contributed by atoms with Crippen molar-refractivity contribution < 1.29 is 4.79 Å². The van der Waals surface area contributed by atoms with E-state index in [4.69, 9.17) is 4.98 Å². The molecular weight excluding hydrogens is 388 g/mol. The Morgan fingerprint density at radius 2 is 2.00 bits per heavy atom. The Morgan fingerprint density at radius 1 is 1.06 bits per heavy atom. The third-order valence-corrected chi connectivity index (χ3v) is 7.18. The van der Waals surface area contributed by atoms with Gasteiger partial charge in [0.15, 0.2) is 5.65 Å². The van der Waals surface area contributed by atoms with Crippen molar-refractivity contribution in [2.24, 2.45) is 5.92 Å². The third-order valence-electron chi connectivity index (χ3n) is 7.18. The van der Waals surface area contributed by atoms with Crippen LogP contribution in [-0.2, 0) is 11.2 Å². The summed E-state index contributed by atoms with van der Waals surface area (Å²) in [5, 5.41) is 4.32. The summed E-state index contributed by atoms with van der Waals surface area (Å²) in [6.45, 7) is 2.58. The van der Waals surface area contributed by atoms with E-state index in [1.807, 2.05) is 16.6 Å². The van der Waals surface area contributed by atoms with Crippen molar-refractivity contribution >= 4 is 17.4 Å². The summed E-state index contributed by atoms with van der Waals surface area (Å²) in [6.07, 6.45) is 10.1. The Balaban J connectivity index is 1.06. The van der Waals surface area contributed by atoms with Crippen LogP contribution in [0.5, 0.6) is 0 Å². The van der Waals surface area contributed by atoms with Gasteiger partial charge in [0.2, 0.25) is 5.91 Å². The Labute approximate surface area is 182 Å². The predicted molar refractivity (Wildman–Crippen MR) is 118 cm³/mol. The number of rotatable bonds is 6. The summed E-state index contributed by atoms with van der Waals surface area (Å²) in [4.78, 5) is 26.5. The van der Waals surface area contributed by atoms with Gasteiger partial charge in [0.1, 0.15) is 12.1 Å². The van der Waals surface area contributed by atoms with Crippen molar-refractivity contribution in [3.8, 4) is 0 Å². The molecule has 1 unspecified atom stereocenters. The number of hydrogen-bond acceptors (Lipinski definition) is 5. The normalized spacial score (nSPS) is 23.5. The van der Waals surface area contributed by atoms with Crippen LogP contribution in [-0.4, -0.2) is 56.1 Å². The van der Waals surface area contributed by atoms with E-state index >= 15 is 0 Å². The Hall–Kier alpha value is -2.96. The van der Waals surface area contributed by atoms with Gasteiger partial charge in [0.25, 0.3) is 0 Å². The van der Waals surface area contributed by atoms with Crippen LogP contribution < -0.4 is 4.90 Å². The average Bonchev–Trinajstić information content (AvgIpc) is 3.46. The number of aryl methyl sites for hydroxylation is 1. The molecule has 3 fully saturated rings. The molecule has 3 aromatic heterocycles. The van der Waals surface area contributed by atoms with Crippen molar-refractivity contribution in [3.05, 3.63) is 54.1 Å². The van der Waals surface area contributed by atoms with Crippen molar-refractivity contribution in [2.75, 3.05) is 24.5 Å². The number of nitrogens with zero attached hydrogens (tertiary/aromatic N) is 6. The lowest BCUT2D eigenvalue weighted by molar-refractivity contribution is -0.132. The second kappa shape index (κ2) is 7.62. The van der Waals surface area contributed by atoms with E-state index in [-0.39, 0.29) is 5.92 Å². The van der Waals surface area contributed by atoms with E-state index in [0.717, 1.165) is 68.4 Å². The van der Waals surface area contributed by atoms with E-state index in [1.54, 1.807) is 6.33 Å². The molecule has 0 bridgehead atoms. The van der Waals surface area contributed by atoms with Crippen LogP contribution in [0.15, 0.2) is 42.9 Å². The standard InChI is InChI=1S/C24H28N6O/c31-24-18(3-1-4-20-5-2-6-23-26-16-27-30(20)23)13-21-15-28(11-12-29(21)24)22-10-9-19(14-25-22)17-7-8-17/h2,5-6,9-10,14,16-18,21H,1,3-4,7-8,11-13,15H2/t18?,21-/m0/s1. The van der Waals surface area contributed by atoms with Crippen LogP contribution in [0, 0.1) is 5.92 Å². The van der Waals surface area contributed by atoms with Gasteiger partial charge < -0.3 is 9.80 Å². The van der Waals surface area contributed by atoms with Crippen LogP contribution >= 0.6 is 0 Å². The summed E-state index contributed by atoms with van der Waals surface area (Å²) in [5.74, 6) is 2.29. The van der Waals surface area contributed by atoms with Crippen LogP contribution in [0.4, 0.5) is 5.82 Å². The fourth-order valence-corrected chi connectivity index (χ4v) is 5.32. The van der Waals surface area contributed by atoms with E-state index in [0.29, 0.717) is 11.9 Å². The minimum Gasteiger partial charge on any atom is -0.353 e. The van der Waals surface area contributed by atoms with Gasteiger partial charge in [0.05, 0.1) is 6.04 Å². The molecule has 160 valence electrons. The lowest BCUT2D eigenvalue weighted by Crippen LogP contribution is -2.51. The van der Waals surface area contributed by atoms with Crippen LogP contribution in [0.25, 0.3) is 5.65 Å². The molecule has 31 heavy (non-hydrogen) atoms. The van der Waals surface area contributed by atoms with Gasteiger partial charge in [-0.2, -0.15) is 5.10 Å². The predicted octanol–water partition coefficient (Wildman–Crippen LogP) is 3.06. The molecule has 1 amide bonds. The van der Waals surface area contributed by atoms with Gasteiger partial charge in [-0.05, 0) is 68.2 Å². The quantitative estimate of drug-likeness (QED) is 0.618. The molecule has 7 heteroatoms. The molecule has 3 aliphatic rings. The lowest BCUT2D eigenvalue weighted by Gasteiger charge is -2.38. The second-order valence-electron chi connectivity index (χ2n) is 9.23. The molecule has 6 rings (SSSR count). The highest BCUT2D eigenvalue weighted by atomic mass is 16.2. The molecule has 2 atom stereocenters. The maximum Gasteiger partial charge on any atom is 0.226 e. The molecule has 0 radical (unpaired) electrons. The minimum absolute atomic E-state index is 0.144. The summed E-state index contributed by atoms with van der Waals surface area (Å²) in [6, 6.07) is 10.8. The van der Waals surface area contributed by atoms with E-state index < -0.39 is 0 Å². The van der Waals surface area contributed by atoms with E-state index in [1.165, 1.54) is 18.4 Å². The Kier molecular flexibility index (Phi) is 4.62. The zero-order valence-corrected chi connectivity index (χ0v) is 17.7. The van der Waals surface area contributed by atoms with Crippen molar-refractivity contribution in [1.82, 2.24) is 24.5 Å². The van der Waals surface area contributed by atoms with Gasteiger partial charge in [-0.25, -0.2) is 14.5 Å². The molecule has 0 N–H and O–H groups in total. The van der Waals surface area contributed by atoms with Crippen LogP contribution in [0.3, 0.4) is 0 Å². The fourth-order valence-electron chi connectivity index (χ4n) is 5.32. The lowest BCUT2D eigenvalue weighted by atomic mass is 9.97. The number of piperazine rings is 1. The smallest absolute Gasteiger partial charge is 0.226 e. The first kappa shape index (κ1) is 18.8. The largest absolute Gasteiger partial charge is 0.353 e. The first-order chi connectivity index (χ1) is 15.3. The maximum atomic E-state index is 13.0. The maximum absolute atomic E-state index is 13.0. The molecule has 1 aliphatic carbocycles. The topological polar surface area (TPSA) is 66.6 Å². The molecular formula is C24H28N6O. The third kappa shape index (κ3) is 3.56. The number of pyridine rings is 2. The summed E-state index contributed by atoms with van der Waals surface area (Å²) >= 11 is 0. The number of hydrogen-bond donors (Lipinski definition) is 0. The number of anilines is 1. The number of carbonyl (C=O) groups is 1. The van der Waals surface area contributed by atoms with Crippen molar-refractivity contribution in [2.45, 2.75) is 50.5 Å². The second-order valence-corrected chi connectivity index (χ2v) is 9.23. The summed E-state index contributed by atoms with van der Waals surface area (Å²) < 4.78 is 1.90. The summed E-state index contributed by atoms with van der Waals surface area (Å²) in [7, 11) is 0. The number of aromatic nitrogens is 4. The fraction of sp³-hybridized carbons (Fsp3) is 0.500. The van der Waals surface area contributed by atoms with E-state index in [9.17, 15) is 4.79 Å². The minimum atomic E-state index is 0.144. The van der Waals surface area contributed by atoms with Gasteiger partial charge in [0, 0.05) is 37.4 Å². The van der Waals surface area contributed by atoms with Gasteiger partial charge in [-0.3, -0.25) is 4.79 Å². The Bertz CT molecular complexity index is 1090. The number of fused-ring (bicyclic) bond motifs is 2. The molecule has 5 heterocycles. The zero-order valence-electron chi connectivity index (χ0n) is 17.7. The van der Waals surface area contributed by atoms with Crippen molar-refractivity contribution in [1.29, 1.82) is 0 Å². The highest BCUT2D eigenvalue weighted by Crippen LogP contribution is 2.40. The first-order valence-electron chi connectivity index (χ1n) is 11.6. The molecule has 3 aromatic rings. The highest BCUT2D eigenvalue weighted by Gasteiger charge is 2.42. The van der Waals surface area contributed by atoms with Crippen LogP contribution in [0.1, 0.15) is 49.3 Å². The first-order valence-corrected chi connectivity index (χ1v) is 11.6. The molecule has 2 aliphatic heterocycles. The summed E-state index contributed by atoms with van der Waals surface area (Å²) in [5.41, 5.74) is 3.41. The molecule has 2 saturated heterocycles. The van der Waals surface area contributed by atoms with E-state index in [2.05, 4.69) is 44.3 Å². The average molecular weight is 417 g/mol. The molecule has 0 spiro atoms. The van der Waals surface area contributed by atoms with Crippen molar-refractivity contribution in [3.63, 3.8) is 0 Å². The highest BCUT2D eigenvalue weighted by molar-refractivity contribution is 5.82. The van der Waals surface area contributed by atoms with Gasteiger partial charge >= 0.3 is 0 Å². The SMILES string of the molecule is O=C1C(CCCc2cccc3ncnn23)C[C@H]2CN(c3ccc(C4CC4)cn3)CCN12. The number of carbonyl (C=O) groups excluding carboxylic acids is 1. The molecule has 1 saturated carbocycles. The zero-order chi connectivity index (χ0) is 20.8. The molecule has 7 nitrogen and oxygen atoms in total. The number of amides is 1. The van der Waals surface area contributed by atoms with Crippen LogP contribution in [0.2, 0.25) is 0 Å². The van der Waals surface area contributed by atoms with Gasteiger partial charge in [-0.15, -0.1) is 0 Å². The Morgan fingerprint density at radius 3 is 2.84 bits per heavy atom. The monoisotopic (exact) mass is 416 g/mol. The molecule has 0 aromatic carbocycles.